The van der Waals surface area contributed by atoms with Gasteiger partial charge in [-0.2, -0.15) is 0 Å². The molecule has 0 aliphatic carbocycles. The van der Waals surface area contributed by atoms with Crippen LogP contribution in [0.4, 0.5) is 0 Å². The number of aryl methyl sites for hydroxylation is 1. The van der Waals surface area contributed by atoms with Gasteiger partial charge < -0.3 is 14.0 Å². The van der Waals surface area contributed by atoms with E-state index in [9.17, 15) is 4.79 Å². The lowest BCUT2D eigenvalue weighted by Gasteiger charge is -2.29. The van der Waals surface area contributed by atoms with E-state index in [0.717, 1.165) is 49.0 Å². The minimum Gasteiger partial charge on any atom is -0.493 e. The number of benzene rings is 2. The molecule has 0 spiro atoms. The molecule has 0 saturated heterocycles. The number of rotatable bonds is 25. The summed E-state index contributed by atoms with van der Waals surface area (Å²) in [7, 11) is 4.43. The predicted molar refractivity (Wildman–Crippen MR) is 173 cm³/mol. The largest absolute Gasteiger partial charge is 0.493 e. The van der Waals surface area contributed by atoms with Crippen LogP contribution in [0.3, 0.4) is 0 Å². The molecule has 230 valence electrons. The molecule has 0 amide bonds. The van der Waals surface area contributed by atoms with Crippen LogP contribution in [0.2, 0.25) is 0 Å². The molecule has 0 bridgehead atoms. The molecule has 0 fully saturated rings. The van der Waals surface area contributed by atoms with Crippen LogP contribution in [-0.4, -0.2) is 44.3 Å². The highest BCUT2D eigenvalue weighted by Crippen LogP contribution is 2.21. The lowest BCUT2D eigenvalue weighted by molar-refractivity contribution is -0.903. The van der Waals surface area contributed by atoms with Gasteiger partial charge in [0.15, 0.2) is 0 Å². The Hall–Kier alpha value is -2.33. The summed E-state index contributed by atoms with van der Waals surface area (Å²) in [5.74, 6) is 0.933. The highest BCUT2D eigenvalue weighted by Gasteiger charge is 2.16. The van der Waals surface area contributed by atoms with Gasteiger partial charge in [-0.15, -0.1) is 0 Å². The molecular weight excluding hydrogens is 506 g/mol. The molecule has 0 unspecified atom stereocenters. The number of para-hydroxylation sites is 1. The minimum atomic E-state index is -0.0848. The van der Waals surface area contributed by atoms with Gasteiger partial charge in [0.05, 0.1) is 40.3 Å². The average Bonchev–Trinajstić information content (AvgIpc) is 2.96. The average molecular weight is 567 g/mol. The smallest absolute Gasteiger partial charge is 0.306 e. The van der Waals surface area contributed by atoms with Crippen molar-refractivity contribution in [3.05, 3.63) is 65.7 Å². The zero-order valence-electron chi connectivity index (χ0n) is 26.7. The third-order valence-electron chi connectivity index (χ3n) is 7.93. The van der Waals surface area contributed by atoms with E-state index in [1.165, 1.54) is 88.2 Å². The third kappa shape index (κ3) is 18.0. The number of carbonyl (C=O) groups excluding carboxylic acids is 1. The molecule has 2 rings (SSSR count). The fraction of sp³-hybridized carbons (Fsp3) is 0.649. The van der Waals surface area contributed by atoms with Gasteiger partial charge in [-0.05, 0) is 37.3 Å². The van der Waals surface area contributed by atoms with Crippen LogP contribution in [0.25, 0.3) is 0 Å². The van der Waals surface area contributed by atoms with Gasteiger partial charge in [0.25, 0.3) is 0 Å². The molecule has 41 heavy (non-hydrogen) atoms. The summed E-state index contributed by atoms with van der Waals surface area (Å²) in [5.41, 5.74) is 2.65. The van der Waals surface area contributed by atoms with Crippen LogP contribution in [0.1, 0.15) is 121 Å². The van der Waals surface area contributed by atoms with Crippen molar-refractivity contribution in [3.63, 3.8) is 0 Å². The summed E-state index contributed by atoms with van der Waals surface area (Å²) >= 11 is 0. The maximum absolute atomic E-state index is 12.2. The lowest BCUT2D eigenvalue weighted by atomic mass is 10.0. The number of ether oxygens (including phenoxy) is 2. The van der Waals surface area contributed by atoms with Crippen molar-refractivity contribution in [2.45, 2.75) is 123 Å². The van der Waals surface area contributed by atoms with E-state index in [1.54, 1.807) is 0 Å². The molecule has 0 heterocycles. The van der Waals surface area contributed by atoms with Crippen LogP contribution in [0.15, 0.2) is 54.6 Å². The zero-order chi connectivity index (χ0) is 29.4. The first-order valence-corrected chi connectivity index (χ1v) is 16.7. The molecule has 0 aliphatic rings. The number of hydrogen-bond acceptors (Lipinski definition) is 3. The molecular formula is C37H60NO3+. The maximum atomic E-state index is 12.2. The van der Waals surface area contributed by atoms with E-state index in [2.05, 4.69) is 69.6 Å². The summed E-state index contributed by atoms with van der Waals surface area (Å²) in [6, 6.07) is 19.0. The molecule has 0 saturated carbocycles. The Morgan fingerprint density at radius 2 is 1.24 bits per heavy atom. The Kier molecular flexibility index (Phi) is 19.0. The number of quaternary nitrogens is 1. The van der Waals surface area contributed by atoms with Crippen molar-refractivity contribution in [1.29, 1.82) is 0 Å². The second kappa shape index (κ2) is 22.3. The van der Waals surface area contributed by atoms with Crippen molar-refractivity contribution in [1.82, 2.24) is 0 Å². The Bertz CT molecular complexity index is 911. The Morgan fingerprint density at radius 1 is 0.659 bits per heavy atom. The number of hydrogen-bond donors (Lipinski definition) is 0. The van der Waals surface area contributed by atoms with E-state index in [4.69, 9.17) is 9.47 Å². The number of nitrogens with zero attached hydrogens (tertiary/aromatic N) is 1. The summed E-state index contributed by atoms with van der Waals surface area (Å²) in [5, 5.41) is 0. The number of unbranched alkanes of at least 4 members (excludes halogenated alkanes) is 12. The fourth-order valence-corrected chi connectivity index (χ4v) is 5.46. The lowest BCUT2D eigenvalue weighted by Crippen LogP contribution is -2.39. The number of carbonyl (C=O) groups is 1. The molecule has 0 N–H and O–H groups in total. The van der Waals surface area contributed by atoms with Crippen molar-refractivity contribution >= 4 is 5.97 Å². The third-order valence-corrected chi connectivity index (χ3v) is 7.93. The topological polar surface area (TPSA) is 35.5 Å². The summed E-state index contributed by atoms with van der Waals surface area (Å²) in [4.78, 5) is 12.2. The Labute approximate surface area is 252 Å². The van der Waals surface area contributed by atoms with E-state index < -0.39 is 0 Å². The fourth-order valence-electron chi connectivity index (χ4n) is 5.46. The van der Waals surface area contributed by atoms with E-state index in [1.807, 2.05) is 6.07 Å². The zero-order valence-corrected chi connectivity index (χ0v) is 26.7. The molecule has 0 atom stereocenters. The highest BCUT2D eigenvalue weighted by molar-refractivity contribution is 5.69. The summed E-state index contributed by atoms with van der Waals surface area (Å²) < 4.78 is 12.5. The SMILES string of the molecule is CCCCCCCCCCCCCCc1ccccc1OCCCCOC(=O)CCC[N+](C)(C)Cc1ccccc1. The van der Waals surface area contributed by atoms with Gasteiger partial charge >= 0.3 is 5.97 Å². The molecule has 4 nitrogen and oxygen atoms in total. The van der Waals surface area contributed by atoms with Crippen LogP contribution < -0.4 is 4.74 Å². The molecule has 2 aromatic rings. The predicted octanol–water partition coefficient (Wildman–Crippen LogP) is 9.69. The molecule has 2 aromatic carbocycles. The summed E-state index contributed by atoms with van der Waals surface area (Å²) in [6.45, 7) is 5.35. The van der Waals surface area contributed by atoms with E-state index in [-0.39, 0.29) is 5.97 Å². The maximum Gasteiger partial charge on any atom is 0.306 e. The summed E-state index contributed by atoms with van der Waals surface area (Å²) in [6.07, 6.45) is 20.7. The molecule has 0 aromatic heterocycles. The van der Waals surface area contributed by atoms with Gasteiger partial charge in [-0.3, -0.25) is 4.79 Å². The van der Waals surface area contributed by atoms with Crippen molar-refractivity contribution in [2.24, 2.45) is 0 Å². The van der Waals surface area contributed by atoms with Crippen LogP contribution in [0, 0.1) is 0 Å². The Morgan fingerprint density at radius 3 is 1.93 bits per heavy atom. The highest BCUT2D eigenvalue weighted by atomic mass is 16.5. The van der Waals surface area contributed by atoms with Gasteiger partial charge in [-0.1, -0.05) is 126 Å². The van der Waals surface area contributed by atoms with Crippen molar-refractivity contribution in [3.8, 4) is 5.75 Å². The first kappa shape index (κ1) is 34.9. The molecule has 0 radical (unpaired) electrons. The second-order valence-corrected chi connectivity index (χ2v) is 12.4. The van der Waals surface area contributed by atoms with Gasteiger partial charge in [0.2, 0.25) is 0 Å². The standard InChI is InChI=1S/C37H60NO3/c1-4-5-6-7-8-9-10-11-12-13-14-18-26-35-27-19-20-28-36(35)40-31-21-22-32-41-37(39)29-23-30-38(2,3)33-34-24-16-15-17-25-34/h15-17,19-20,24-25,27-28H,4-14,18,21-23,26,29-33H2,1-3H3/q+1. The van der Waals surface area contributed by atoms with Gasteiger partial charge in [-0.25, -0.2) is 0 Å². The molecule has 0 aliphatic heterocycles. The van der Waals surface area contributed by atoms with Gasteiger partial charge in [0.1, 0.15) is 12.3 Å². The normalized spacial score (nSPS) is 11.5. The molecule has 4 heteroatoms. The van der Waals surface area contributed by atoms with Crippen LogP contribution in [0.5, 0.6) is 5.75 Å². The van der Waals surface area contributed by atoms with E-state index >= 15 is 0 Å². The van der Waals surface area contributed by atoms with Crippen molar-refractivity contribution < 1.29 is 18.8 Å². The van der Waals surface area contributed by atoms with Gasteiger partial charge in [0, 0.05) is 12.0 Å². The quantitative estimate of drug-likeness (QED) is 0.0682. The van der Waals surface area contributed by atoms with E-state index in [0.29, 0.717) is 19.6 Å². The van der Waals surface area contributed by atoms with Crippen LogP contribution >= 0.6 is 0 Å². The second-order valence-electron chi connectivity index (χ2n) is 12.4. The van der Waals surface area contributed by atoms with Crippen LogP contribution in [-0.2, 0) is 22.5 Å². The van der Waals surface area contributed by atoms with Crippen molar-refractivity contribution in [2.75, 3.05) is 33.9 Å². The minimum absolute atomic E-state index is 0.0848. The first-order chi connectivity index (χ1) is 20.0. The Balaban J connectivity index is 1.47. The first-order valence-electron chi connectivity index (χ1n) is 16.7. The monoisotopic (exact) mass is 566 g/mol. The number of esters is 1.